The van der Waals surface area contributed by atoms with Crippen molar-refractivity contribution in [2.75, 3.05) is 33.6 Å². The third kappa shape index (κ3) is 5.59. The van der Waals surface area contributed by atoms with Crippen LogP contribution in [0.4, 0.5) is 0 Å². The van der Waals surface area contributed by atoms with Gasteiger partial charge in [-0.3, -0.25) is 4.79 Å². The number of methoxy groups -OCH3 is 3. The molecular formula is C20H25NO4S. The smallest absolute Gasteiger partial charge is 0.224 e. The fourth-order valence-corrected chi connectivity index (χ4v) is 3.38. The van der Waals surface area contributed by atoms with Crippen LogP contribution in [0.3, 0.4) is 0 Å². The van der Waals surface area contributed by atoms with E-state index < -0.39 is 0 Å². The molecule has 6 heteroatoms. The van der Waals surface area contributed by atoms with Gasteiger partial charge < -0.3 is 19.5 Å². The fourth-order valence-electron chi connectivity index (χ4n) is 2.56. The third-order valence-electron chi connectivity index (χ3n) is 3.82. The lowest BCUT2D eigenvalue weighted by Crippen LogP contribution is -2.27. The molecule has 0 saturated heterocycles. The second-order valence-electron chi connectivity index (χ2n) is 5.56. The molecule has 0 spiro atoms. The number of thioether (sulfide) groups is 1. The lowest BCUT2D eigenvalue weighted by molar-refractivity contribution is -0.120. The Morgan fingerprint density at radius 3 is 2.35 bits per heavy atom. The van der Waals surface area contributed by atoms with Crippen LogP contribution in [0.2, 0.25) is 0 Å². The maximum Gasteiger partial charge on any atom is 0.224 e. The number of hydrogen-bond donors (Lipinski definition) is 1. The summed E-state index contributed by atoms with van der Waals surface area (Å²) in [6.45, 7) is 0.631. The van der Waals surface area contributed by atoms with E-state index in [1.807, 2.05) is 24.3 Å². The van der Waals surface area contributed by atoms with Crippen molar-refractivity contribution in [3.8, 4) is 17.2 Å². The van der Waals surface area contributed by atoms with Gasteiger partial charge >= 0.3 is 0 Å². The Morgan fingerprint density at radius 1 is 0.962 bits per heavy atom. The summed E-state index contributed by atoms with van der Waals surface area (Å²) >= 11 is 1.80. The van der Waals surface area contributed by atoms with Crippen molar-refractivity contribution in [2.45, 2.75) is 12.2 Å². The zero-order chi connectivity index (χ0) is 18.8. The molecule has 2 aromatic carbocycles. The molecule has 0 saturated carbocycles. The fraction of sp³-hybridized carbons (Fsp3) is 0.350. The molecule has 0 aromatic heterocycles. The summed E-state index contributed by atoms with van der Waals surface area (Å²) in [5, 5.41) is 2.95. The topological polar surface area (TPSA) is 56.8 Å². The van der Waals surface area contributed by atoms with E-state index in [9.17, 15) is 4.79 Å². The number of benzene rings is 2. The van der Waals surface area contributed by atoms with Gasteiger partial charge in [0.1, 0.15) is 0 Å². The zero-order valence-electron chi connectivity index (χ0n) is 15.4. The predicted molar refractivity (Wildman–Crippen MR) is 105 cm³/mol. The first kappa shape index (κ1) is 20.0. The van der Waals surface area contributed by atoms with Crippen molar-refractivity contribution in [3.05, 3.63) is 53.6 Å². The quantitative estimate of drug-likeness (QED) is 0.646. The van der Waals surface area contributed by atoms with Gasteiger partial charge in [0.15, 0.2) is 11.5 Å². The number of ether oxygens (including phenoxy) is 3. The molecule has 2 rings (SSSR count). The van der Waals surface area contributed by atoms with Gasteiger partial charge in [0.05, 0.1) is 27.8 Å². The van der Waals surface area contributed by atoms with Gasteiger partial charge in [-0.15, -0.1) is 0 Å². The number of hydrogen-bond acceptors (Lipinski definition) is 5. The molecule has 0 unspecified atom stereocenters. The van der Waals surface area contributed by atoms with Crippen LogP contribution < -0.4 is 19.5 Å². The average Bonchev–Trinajstić information content (AvgIpc) is 2.68. The van der Waals surface area contributed by atoms with Gasteiger partial charge in [0.2, 0.25) is 11.7 Å². The van der Waals surface area contributed by atoms with Crippen LogP contribution >= 0.6 is 11.8 Å². The molecule has 0 radical (unpaired) electrons. The Bertz CT molecular complexity index is 706. The highest BCUT2D eigenvalue weighted by Gasteiger charge is 2.17. The largest absolute Gasteiger partial charge is 0.493 e. The molecule has 140 valence electrons. The standard InChI is InChI=1S/C20H25NO4S/c1-23-17-10-9-16(19(24-2)20(17)25-3)13-18(22)21-11-12-26-14-15-7-5-4-6-8-15/h4-10H,11-14H2,1-3H3,(H,21,22). The predicted octanol–water partition coefficient (Wildman–Crippen LogP) is 3.30. The monoisotopic (exact) mass is 375 g/mol. The molecule has 0 fully saturated rings. The van der Waals surface area contributed by atoms with Crippen molar-refractivity contribution in [1.82, 2.24) is 5.32 Å². The normalized spacial score (nSPS) is 10.3. The molecule has 0 aliphatic rings. The van der Waals surface area contributed by atoms with E-state index in [0.717, 1.165) is 17.1 Å². The van der Waals surface area contributed by atoms with Crippen LogP contribution in [0.15, 0.2) is 42.5 Å². The first-order valence-corrected chi connectivity index (χ1v) is 9.51. The highest BCUT2D eigenvalue weighted by molar-refractivity contribution is 7.98. The number of amides is 1. The molecule has 0 aliphatic heterocycles. The minimum atomic E-state index is -0.0455. The van der Waals surface area contributed by atoms with Crippen molar-refractivity contribution in [3.63, 3.8) is 0 Å². The molecule has 0 aliphatic carbocycles. The lowest BCUT2D eigenvalue weighted by atomic mass is 10.1. The van der Waals surface area contributed by atoms with Crippen LogP contribution in [0.1, 0.15) is 11.1 Å². The summed E-state index contributed by atoms with van der Waals surface area (Å²) in [5.41, 5.74) is 2.05. The Kier molecular flexibility index (Phi) is 8.15. The summed E-state index contributed by atoms with van der Waals surface area (Å²) in [6, 6.07) is 13.9. The van der Waals surface area contributed by atoms with Gasteiger partial charge in [-0.05, 0) is 11.6 Å². The first-order valence-electron chi connectivity index (χ1n) is 8.35. The molecular weight excluding hydrogens is 350 g/mol. The second kappa shape index (κ2) is 10.6. The molecule has 0 bridgehead atoms. The number of nitrogens with one attached hydrogen (secondary N) is 1. The van der Waals surface area contributed by atoms with E-state index >= 15 is 0 Å². The number of carbonyl (C=O) groups is 1. The van der Waals surface area contributed by atoms with E-state index in [1.165, 1.54) is 5.56 Å². The van der Waals surface area contributed by atoms with Gasteiger partial charge in [-0.1, -0.05) is 36.4 Å². The number of rotatable bonds is 10. The van der Waals surface area contributed by atoms with Gasteiger partial charge in [0.25, 0.3) is 0 Å². The second-order valence-corrected chi connectivity index (χ2v) is 6.66. The molecule has 1 amide bonds. The Hall–Kier alpha value is -2.34. The Balaban J connectivity index is 1.82. The van der Waals surface area contributed by atoms with Crippen LogP contribution in [-0.4, -0.2) is 39.5 Å². The Labute approximate surface area is 159 Å². The van der Waals surface area contributed by atoms with Crippen molar-refractivity contribution < 1.29 is 19.0 Å². The molecule has 0 atom stereocenters. The third-order valence-corrected chi connectivity index (χ3v) is 4.85. The van der Waals surface area contributed by atoms with Gasteiger partial charge in [-0.2, -0.15) is 11.8 Å². The highest BCUT2D eigenvalue weighted by Crippen LogP contribution is 2.39. The maximum atomic E-state index is 12.2. The highest BCUT2D eigenvalue weighted by atomic mass is 32.2. The van der Waals surface area contributed by atoms with Crippen molar-refractivity contribution >= 4 is 17.7 Å². The van der Waals surface area contributed by atoms with Crippen LogP contribution in [0, 0.1) is 0 Å². The van der Waals surface area contributed by atoms with Crippen LogP contribution in [-0.2, 0) is 17.0 Å². The SMILES string of the molecule is COc1ccc(CC(=O)NCCSCc2ccccc2)c(OC)c1OC. The van der Waals surface area contributed by atoms with E-state index in [1.54, 1.807) is 39.2 Å². The van der Waals surface area contributed by atoms with E-state index in [4.69, 9.17) is 14.2 Å². The van der Waals surface area contributed by atoms with Crippen LogP contribution in [0.25, 0.3) is 0 Å². The molecule has 1 N–H and O–H groups in total. The summed E-state index contributed by atoms with van der Waals surface area (Å²) < 4.78 is 16.0. The first-order chi connectivity index (χ1) is 12.7. The van der Waals surface area contributed by atoms with E-state index in [2.05, 4.69) is 17.4 Å². The minimum Gasteiger partial charge on any atom is -0.493 e. The van der Waals surface area contributed by atoms with E-state index in [0.29, 0.717) is 23.8 Å². The summed E-state index contributed by atoms with van der Waals surface area (Å²) in [6.07, 6.45) is 0.229. The minimum absolute atomic E-state index is 0.0455. The summed E-state index contributed by atoms with van der Waals surface area (Å²) in [4.78, 5) is 12.2. The molecule has 26 heavy (non-hydrogen) atoms. The van der Waals surface area contributed by atoms with E-state index in [-0.39, 0.29) is 12.3 Å². The van der Waals surface area contributed by atoms with Crippen molar-refractivity contribution in [1.29, 1.82) is 0 Å². The van der Waals surface area contributed by atoms with Crippen LogP contribution in [0.5, 0.6) is 17.2 Å². The van der Waals surface area contributed by atoms with Gasteiger partial charge in [0, 0.05) is 23.6 Å². The molecule has 5 nitrogen and oxygen atoms in total. The average molecular weight is 375 g/mol. The van der Waals surface area contributed by atoms with Crippen molar-refractivity contribution in [2.24, 2.45) is 0 Å². The molecule has 2 aromatic rings. The number of carbonyl (C=O) groups excluding carboxylic acids is 1. The lowest BCUT2D eigenvalue weighted by Gasteiger charge is -2.15. The summed E-state index contributed by atoms with van der Waals surface area (Å²) in [5.74, 6) is 3.37. The maximum absolute atomic E-state index is 12.2. The molecule has 0 heterocycles. The zero-order valence-corrected chi connectivity index (χ0v) is 16.2. The summed E-state index contributed by atoms with van der Waals surface area (Å²) in [7, 11) is 4.67. The Morgan fingerprint density at radius 2 is 1.69 bits per heavy atom. The van der Waals surface area contributed by atoms with Gasteiger partial charge in [-0.25, -0.2) is 0 Å².